The second-order valence-electron chi connectivity index (χ2n) is 2.39. The van der Waals surface area contributed by atoms with Gasteiger partial charge in [-0.25, -0.2) is 0 Å². The predicted octanol–water partition coefficient (Wildman–Crippen LogP) is -0.0238. The highest BCUT2D eigenvalue weighted by Crippen LogP contribution is 2.35. The molecule has 1 saturated heterocycles. The van der Waals surface area contributed by atoms with Gasteiger partial charge >= 0.3 is 0 Å². The van der Waals surface area contributed by atoms with E-state index < -0.39 is 6.10 Å². The number of aliphatic hydroxyl groups excluding tert-OH is 1. The van der Waals surface area contributed by atoms with Crippen molar-refractivity contribution in [1.29, 1.82) is 0 Å². The number of hydrogen-bond donors (Lipinski definition) is 1. The van der Waals surface area contributed by atoms with Gasteiger partial charge in [0.15, 0.2) is 6.10 Å². The lowest BCUT2D eigenvalue weighted by atomic mass is 10.0. The molecule has 4 heteroatoms. The first-order valence-corrected chi connectivity index (χ1v) is 3.74. The number of rotatable bonds is 0. The summed E-state index contributed by atoms with van der Waals surface area (Å²) in [6.07, 6.45) is 0.205. The number of ketones is 1. The lowest BCUT2D eigenvalue weighted by Crippen LogP contribution is -2.24. The molecule has 0 spiro atoms. The average molecular weight is 205 g/mol. The topological polar surface area (TPSA) is 49.8 Å². The molecule has 0 aromatic rings. The molecule has 0 amide bonds. The summed E-state index contributed by atoms with van der Waals surface area (Å²) in [6.45, 7) is 0. The van der Waals surface area contributed by atoms with E-state index in [2.05, 4.69) is 15.9 Å². The lowest BCUT2D eigenvalue weighted by Gasteiger charge is -2.06. The summed E-state index contributed by atoms with van der Waals surface area (Å²) >= 11 is 3.03. The van der Waals surface area contributed by atoms with Crippen molar-refractivity contribution in [3.05, 3.63) is 10.6 Å². The Labute approximate surface area is 65.8 Å². The fourth-order valence-corrected chi connectivity index (χ4v) is 1.55. The first-order chi connectivity index (χ1) is 4.70. The van der Waals surface area contributed by atoms with E-state index in [0.29, 0.717) is 4.48 Å². The highest BCUT2D eigenvalue weighted by atomic mass is 79.9. The molecule has 0 aromatic carbocycles. The van der Waals surface area contributed by atoms with Crippen LogP contribution in [0.1, 0.15) is 0 Å². The van der Waals surface area contributed by atoms with E-state index in [1.165, 1.54) is 6.08 Å². The summed E-state index contributed by atoms with van der Waals surface area (Å²) in [4.78, 5) is 11.0. The summed E-state index contributed by atoms with van der Waals surface area (Å²) in [5, 5.41) is 9.12. The second-order valence-corrected chi connectivity index (χ2v) is 3.25. The van der Waals surface area contributed by atoms with Crippen LogP contribution in [0.5, 0.6) is 0 Å². The molecule has 1 heterocycles. The number of halogens is 1. The van der Waals surface area contributed by atoms with Gasteiger partial charge in [0.1, 0.15) is 12.2 Å². The normalized spacial score (nSPS) is 44.4. The van der Waals surface area contributed by atoms with Crippen molar-refractivity contribution in [2.75, 3.05) is 0 Å². The van der Waals surface area contributed by atoms with Crippen LogP contribution in [0.2, 0.25) is 0 Å². The maximum Gasteiger partial charge on any atom is 0.201 e. The molecular formula is C6H5BrO3. The molecule has 1 fully saturated rings. The molecule has 0 bridgehead atoms. The first-order valence-electron chi connectivity index (χ1n) is 2.95. The number of epoxide rings is 1. The summed E-state index contributed by atoms with van der Waals surface area (Å²) in [7, 11) is 0. The van der Waals surface area contributed by atoms with Crippen molar-refractivity contribution in [2.24, 2.45) is 0 Å². The lowest BCUT2D eigenvalue weighted by molar-refractivity contribution is -0.116. The zero-order valence-corrected chi connectivity index (χ0v) is 6.54. The highest BCUT2D eigenvalue weighted by Gasteiger charge is 2.52. The average Bonchev–Trinajstić information content (AvgIpc) is 2.61. The van der Waals surface area contributed by atoms with Crippen LogP contribution in [0.15, 0.2) is 10.6 Å². The number of Topliss-reactive ketones (excluding diaryl/α,β-unsaturated/α-hetero) is 1. The maximum atomic E-state index is 11.0. The van der Waals surface area contributed by atoms with Gasteiger partial charge < -0.3 is 9.84 Å². The zero-order valence-electron chi connectivity index (χ0n) is 4.95. The summed E-state index contributed by atoms with van der Waals surface area (Å²) < 4.78 is 5.32. The largest absolute Gasteiger partial charge is 0.386 e. The summed E-state index contributed by atoms with van der Waals surface area (Å²) in [5.74, 6) is -0.0599. The minimum absolute atomic E-state index is 0.0599. The number of fused-ring (bicyclic) bond motifs is 1. The van der Waals surface area contributed by atoms with E-state index in [9.17, 15) is 4.79 Å². The van der Waals surface area contributed by atoms with Crippen molar-refractivity contribution in [3.63, 3.8) is 0 Å². The molecule has 0 saturated carbocycles. The molecule has 2 aliphatic rings. The third-order valence-electron chi connectivity index (χ3n) is 1.67. The van der Waals surface area contributed by atoms with E-state index in [0.717, 1.165) is 0 Å². The molecule has 54 valence electrons. The van der Waals surface area contributed by atoms with Crippen LogP contribution in [0, 0.1) is 0 Å². The minimum atomic E-state index is -0.614. The molecule has 1 aliphatic heterocycles. The van der Waals surface area contributed by atoms with Crippen molar-refractivity contribution < 1.29 is 14.6 Å². The van der Waals surface area contributed by atoms with Crippen LogP contribution in [0.25, 0.3) is 0 Å². The molecule has 0 radical (unpaired) electrons. The van der Waals surface area contributed by atoms with Gasteiger partial charge in [-0.15, -0.1) is 0 Å². The van der Waals surface area contributed by atoms with Gasteiger partial charge in [-0.1, -0.05) is 0 Å². The van der Waals surface area contributed by atoms with Gasteiger partial charge in [-0.05, 0) is 22.0 Å². The van der Waals surface area contributed by atoms with Crippen LogP contribution >= 0.6 is 15.9 Å². The van der Waals surface area contributed by atoms with Crippen molar-refractivity contribution in [1.82, 2.24) is 0 Å². The Hall–Kier alpha value is -0.190. The van der Waals surface area contributed by atoms with Gasteiger partial charge in [-0.3, -0.25) is 4.79 Å². The monoisotopic (exact) mass is 204 g/mol. The number of ether oxygens (including phenoxy) is 1. The zero-order chi connectivity index (χ0) is 7.30. The first kappa shape index (κ1) is 6.52. The number of hydrogen-bond acceptors (Lipinski definition) is 3. The van der Waals surface area contributed by atoms with Crippen LogP contribution in [-0.4, -0.2) is 29.2 Å². The van der Waals surface area contributed by atoms with E-state index in [1.807, 2.05) is 0 Å². The van der Waals surface area contributed by atoms with Crippen LogP contribution in [0.3, 0.4) is 0 Å². The molecule has 0 unspecified atom stereocenters. The highest BCUT2D eigenvalue weighted by molar-refractivity contribution is 9.12. The van der Waals surface area contributed by atoms with Gasteiger partial charge in [-0.2, -0.15) is 0 Å². The molecule has 0 aromatic heterocycles. The molecule has 1 N–H and O–H groups in total. The minimum Gasteiger partial charge on any atom is -0.386 e. The Balaban J connectivity index is 2.30. The fraction of sp³-hybridized carbons (Fsp3) is 0.500. The van der Waals surface area contributed by atoms with Gasteiger partial charge in [0.25, 0.3) is 0 Å². The van der Waals surface area contributed by atoms with E-state index in [4.69, 9.17) is 9.84 Å². The Morgan fingerprint density at radius 3 is 3.10 bits per heavy atom. The number of carbonyl (C=O) groups excluding carboxylic acids is 1. The van der Waals surface area contributed by atoms with Gasteiger partial charge in [0.05, 0.1) is 4.48 Å². The summed E-state index contributed by atoms with van der Waals surface area (Å²) in [6, 6.07) is 0. The number of carbonyl (C=O) groups is 1. The third-order valence-corrected chi connectivity index (χ3v) is 2.33. The molecule has 10 heavy (non-hydrogen) atoms. The van der Waals surface area contributed by atoms with Gasteiger partial charge in [0, 0.05) is 0 Å². The quantitative estimate of drug-likeness (QED) is 0.565. The molecule has 3 atom stereocenters. The molecule has 1 aliphatic carbocycles. The van der Waals surface area contributed by atoms with Crippen LogP contribution in [-0.2, 0) is 9.53 Å². The Kier molecular flexibility index (Phi) is 1.24. The smallest absolute Gasteiger partial charge is 0.201 e. The van der Waals surface area contributed by atoms with Crippen molar-refractivity contribution in [3.8, 4) is 0 Å². The standard InChI is InChI=1S/C6H5BrO3/c7-2-1-3(8)5-6(10-5)4(2)9/h1,3,5-6,8H/t3-,5-,6+/m1/s1. The molecule has 3 nitrogen and oxygen atoms in total. The third kappa shape index (κ3) is 0.761. The Morgan fingerprint density at radius 2 is 2.40 bits per heavy atom. The summed E-state index contributed by atoms with van der Waals surface area (Å²) in [5.41, 5.74) is 0. The Bertz CT molecular complexity index is 223. The van der Waals surface area contributed by atoms with Gasteiger partial charge in [0.2, 0.25) is 5.78 Å². The molecule has 2 rings (SSSR count). The van der Waals surface area contributed by atoms with E-state index >= 15 is 0 Å². The SMILES string of the molecule is O=C1C(Br)=C[C@@H](O)[C@H]2O[C@@H]12. The number of aliphatic hydroxyl groups is 1. The maximum absolute atomic E-state index is 11.0. The van der Waals surface area contributed by atoms with Crippen LogP contribution < -0.4 is 0 Å². The van der Waals surface area contributed by atoms with E-state index in [-0.39, 0.29) is 18.0 Å². The predicted molar refractivity (Wildman–Crippen MR) is 36.7 cm³/mol. The molecular weight excluding hydrogens is 200 g/mol. The van der Waals surface area contributed by atoms with E-state index in [1.54, 1.807) is 0 Å². The van der Waals surface area contributed by atoms with Crippen LogP contribution in [0.4, 0.5) is 0 Å². The van der Waals surface area contributed by atoms with Crippen molar-refractivity contribution in [2.45, 2.75) is 18.3 Å². The fourth-order valence-electron chi connectivity index (χ4n) is 1.06. The Morgan fingerprint density at radius 1 is 1.70 bits per heavy atom. The van der Waals surface area contributed by atoms with Crippen molar-refractivity contribution >= 4 is 21.7 Å². The second kappa shape index (κ2) is 1.90.